The second-order valence-electron chi connectivity index (χ2n) is 9.34. The van der Waals surface area contributed by atoms with Gasteiger partial charge >= 0.3 is 0 Å². The molecule has 2 amide bonds. The molecular formula is C25H28ClN3O4. The lowest BCUT2D eigenvalue weighted by Crippen LogP contribution is -2.51. The fraction of sp³-hybridized carbons (Fsp3) is 0.480. The third-order valence-corrected chi connectivity index (χ3v) is 7.96. The summed E-state index contributed by atoms with van der Waals surface area (Å²) in [5.41, 5.74) is 1.42. The zero-order valence-electron chi connectivity index (χ0n) is 18.3. The number of hydrogen-bond acceptors (Lipinski definition) is 4. The van der Waals surface area contributed by atoms with Crippen molar-refractivity contribution in [3.63, 3.8) is 0 Å². The van der Waals surface area contributed by atoms with Crippen LogP contribution >= 0.6 is 11.6 Å². The Morgan fingerprint density at radius 2 is 1.85 bits per heavy atom. The first-order valence-electron chi connectivity index (χ1n) is 11.6. The Kier molecular flexibility index (Phi) is 6.01. The summed E-state index contributed by atoms with van der Waals surface area (Å²) in [7, 11) is 0. The van der Waals surface area contributed by atoms with Crippen LogP contribution in [0.4, 0.5) is 0 Å². The maximum atomic E-state index is 13.7. The lowest BCUT2D eigenvalue weighted by atomic mass is 9.88. The van der Waals surface area contributed by atoms with Crippen molar-refractivity contribution in [2.24, 2.45) is 17.8 Å². The molecular weight excluding hydrogens is 442 g/mol. The molecule has 2 aliphatic heterocycles. The van der Waals surface area contributed by atoms with Gasteiger partial charge in [0.1, 0.15) is 6.04 Å². The zero-order valence-corrected chi connectivity index (χ0v) is 19.1. The van der Waals surface area contributed by atoms with E-state index >= 15 is 0 Å². The van der Waals surface area contributed by atoms with Gasteiger partial charge in [0.05, 0.1) is 6.04 Å². The number of nitrogens with one attached hydrogen (secondary N) is 1. The summed E-state index contributed by atoms with van der Waals surface area (Å²) >= 11 is 6.25. The van der Waals surface area contributed by atoms with Crippen LogP contribution in [0.15, 0.2) is 47.3 Å². The largest absolute Gasteiger partial charge is 0.396 e. The fourth-order valence-corrected chi connectivity index (χ4v) is 6.20. The van der Waals surface area contributed by atoms with Crippen LogP contribution in [0.5, 0.6) is 0 Å². The number of pyridine rings is 1. The van der Waals surface area contributed by atoms with Crippen LogP contribution in [-0.4, -0.2) is 39.0 Å². The van der Waals surface area contributed by atoms with Crippen molar-refractivity contribution in [1.82, 2.24) is 14.8 Å². The Labute approximate surface area is 197 Å². The van der Waals surface area contributed by atoms with Gasteiger partial charge in [0.2, 0.25) is 11.8 Å². The summed E-state index contributed by atoms with van der Waals surface area (Å²) < 4.78 is 1.69. The van der Waals surface area contributed by atoms with Crippen molar-refractivity contribution in [2.45, 2.75) is 50.9 Å². The minimum atomic E-state index is -0.787. The monoisotopic (exact) mass is 469 g/mol. The number of halogens is 1. The second-order valence-corrected chi connectivity index (χ2v) is 9.74. The van der Waals surface area contributed by atoms with E-state index in [9.17, 15) is 19.5 Å². The van der Waals surface area contributed by atoms with Crippen LogP contribution in [-0.2, 0) is 22.7 Å². The first-order valence-corrected chi connectivity index (χ1v) is 12.0. The minimum Gasteiger partial charge on any atom is -0.396 e. The number of aliphatic hydroxyl groups excluding tert-OH is 1. The third-order valence-electron chi connectivity index (χ3n) is 7.59. The lowest BCUT2D eigenvalue weighted by Gasteiger charge is -2.33. The fourth-order valence-electron chi connectivity index (χ4n) is 5.99. The van der Waals surface area contributed by atoms with Gasteiger partial charge in [0.15, 0.2) is 0 Å². The molecule has 1 aromatic carbocycles. The highest BCUT2D eigenvalue weighted by Gasteiger charge is 2.57. The van der Waals surface area contributed by atoms with Gasteiger partial charge in [-0.15, -0.1) is 0 Å². The van der Waals surface area contributed by atoms with Gasteiger partial charge in [0.25, 0.3) is 5.56 Å². The highest BCUT2D eigenvalue weighted by Crippen LogP contribution is 2.50. The van der Waals surface area contributed by atoms with Gasteiger partial charge in [-0.05, 0) is 30.5 Å². The summed E-state index contributed by atoms with van der Waals surface area (Å²) in [5.74, 6) is -1.09. The molecule has 1 saturated heterocycles. The molecule has 2 aromatic rings. The number of hydrogen-bond donors (Lipinski definition) is 2. The third kappa shape index (κ3) is 3.77. The van der Waals surface area contributed by atoms with Gasteiger partial charge in [-0.3, -0.25) is 14.4 Å². The normalized spacial score (nSPS) is 26.3. The van der Waals surface area contributed by atoms with E-state index in [0.29, 0.717) is 11.6 Å². The average Bonchev–Trinajstić information content (AvgIpc) is 3.53. The number of carbonyl (C=O) groups excluding carboxylic acids is 2. The minimum absolute atomic E-state index is 0.0407. The maximum Gasteiger partial charge on any atom is 0.250 e. The number of nitrogens with zero attached hydrogens (tertiary/aromatic N) is 2. The molecule has 0 unspecified atom stereocenters. The molecule has 0 radical (unpaired) electrons. The van der Waals surface area contributed by atoms with Crippen molar-refractivity contribution in [3.05, 3.63) is 69.1 Å². The number of likely N-dealkylation sites (tertiary alicyclic amines) is 1. The number of aliphatic hydroxyl groups is 1. The van der Waals surface area contributed by atoms with E-state index in [-0.39, 0.29) is 48.4 Å². The van der Waals surface area contributed by atoms with Crippen molar-refractivity contribution < 1.29 is 14.7 Å². The highest BCUT2D eigenvalue weighted by atomic mass is 35.5. The van der Waals surface area contributed by atoms with E-state index < -0.39 is 12.0 Å². The van der Waals surface area contributed by atoms with Crippen LogP contribution in [0.2, 0.25) is 5.02 Å². The van der Waals surface area contributed by atoms with E-state index in [1.54, 1.807) is 21.6 Å². The van der Waals surface area contributed by atoms with Gasteiger partial charge < -0.3 is 19.9 Å². The molecule has 0 spiro atoms. The number of fused-ring (bicyclic) bond motifs is 3. The number of aromatic nitrogens is 1. The smallest absolute Gasteiger partial charge is 0.250 e. The van der Waals surface area contributed by atoms with Crippen molar-refractivity contribution in [2.75, 3.05) is 6.61 Å². The maximum absolute atomic E-state index is 13.7. The van der Waals surface area contributed by atoms with Crippen molar-refractivity contribution >= 4 is 23.4 Å². The predicted molar refractivity (Wildman–Crippen MR) is 123 cm³/mol. The van der Waals surface area contributed by atoms with Crippen LogP contribution in [0.25, 0.3) is 0 Å². The van der Waals surface area contributed by atoms with Gasteiger partial charge in [-0.25, -0.2) is 0 Å². The van der Waals surface area contributed by atoms with Crippen LogP contribution in [0, 0.1) is 17.8 Å². The van der Waals surface area contributed by atoms with Crippen LogP contribution < -0.4 is 10.9 Å². The predicted octanol–water partition coefficient (Wildman–Crippen LogP) is 2.50. The van der Waals surface area contributed by atoms with Gasteiger partial charge in [-0.2, -0.15) is 0 Å². The molecule has 4 atom stereocenters. The Hall–Kier alpha value is -2.64. The highest BCUT2D eigenvalue weighted by molar-refractivity contribution is 6.31. The van der Waals surface area contributed by atoms with E-state index in [1.165, 1.54) is 6.07 Å². The molecule has 8 heteroatoms. The molecule has 33 heavy (non-hydrogen) atoms. The molecule has 3 heterocycles. The molecule has 0 bridgehead atoms. The summed E-state index contributed by atoms with van der Waals surface area (Å²) in [6, 6.07) is 11.2. The topological polar surface area (TPSA) is 91.6 Å². The summed E-state index contributed by atoms with van der Waals surface area (Å²) in [4.78, 5) is 41.4. The van der Waals surface area contributed by atoms with Gasteiger partial charge in [-0.1, -0.05) is 48.7 Å². The van der Waals surface area contributed by atoms with E-state index in [0.717, 1.165) is 36.9 Å². The van der Waals surface area contributed by atoms with Gasteiger partial charge in [0, 0.05) is 54.2 Å². The molecule has 2 fully saturated rings. The van der Waals surface area contributed by atoms with E-state index in [2.05, 4.69) is 5.32 Å². The number of amides is 2. The van der Waals surface area contributed by atoms with E-state index in [4.69, 9.17) is 11.6 Å². The summed E-state index contributed by atoms with van der Waals surface area (Å²) in [6.07, 6.45) is 3.63. The zero-order chi connectivity index (χ0) is 23.1. The Balaban J connectivity index is 1.49. The quantitative estimate of drug-likeness (QED) is 0.703. The van der Waals surface area contributed by atoms with Crippen LogP contribution in [0.1, 0.15) is 43.0 Å². The first kappa shape index (κ1) is 22.2. The van der Waals surface area contributed by atoms with Crippen molar-refractivity contribution in [1.29, 1.82) is 0 Å². The molecule has 174 valence electrons. The first-order chi connectivity index (χ1) is 16.0. The molecule has 7 nitrogen and oxygen atoms in total. The molecule has 1 aliphatic carbocycles. The van der Waals surface area contributed by atoms with E-state index in [1.807, 2.05) is 24.3 Å². The lowest BCUT2D eigenvalue weighted by molar-refractivity contribution is -0.144. The van der Waals surface area contributed by atoms with Crippen molar-refractivity contribution in [3.8, 4) is 0 Å². The molecule has 2 N–H and O–H groups in total. The Bertz CT molecular complexity index is 1130. The average molecular weight is 470 g/mol. The number of carbonyl (C=O) groups is 2. The summed E-state index contributed by atoms with van der Waals surface area (Å²) in [6.45, 7) is 0.403. The molecule has 3 aliphatic rings. The Morgan fingerprint density at radius 1 is 1.09 bits per heavy atom. The molecule has 5 rings (SSSR count). The standard InChI is InChI=1S/C25H28ClN3O4/c26-19-9-4-3-8-16(19)12-27-24(32)23-18(14-30)17-13-28-20(10-5-11-21(28)31)22(17)29(23)25(33)15-6-1-2-7-15/h3-5,8-11,15,17-18,22-23,30H,1-2,6-7,12-14H2,(H,27,32)/t17-,18-,22+,23-/m1/s1. The molecule has 1 saturated carbocycles. The number of benzene rings is 1. The van der Waals surface area contributed by atoms with Crippen LogP contribution in [0.3, 0.4) is 0 Å². The second kappa shape index (κ2) is 8.95. The molecule has 1 aromatic heterocycles. The number of rotatable bonds is 5. The summed E-state index contributed by atoms with van der Waals surface area (Å²) in [5, 5.41) is 13.9. The SMILES string of the molecule is O=C(NCc1ccccc1Cl)[C@H]1[C@H](CO)[C@H]2Cn3c(cccc3=O)[C@H]2N1C(=O)C1CCCC1. The Morgan fingerprint density at radius 3 is 2.58 bits per heavy atom.